The van der Waals surface area contributed by atoms with Crippen molar-refractivity contribution in [2.45, 2.75) is 39.5 Å². The number of Topliss-reactive ketones (excluding diaryl/α,β-unsaturated/α-hetero) is 1. The molecular weight excluding hydrogens is 226 g/mol. The fourth-order valence-corrected chi connectivity index (χ4v) is 2.48. The Balaban J connectivity index is 2.45. The van der Waals surface area contributed by atoms with Crippen molar-refractivity contribution in [3.05, 3.63) is 29.3 Å². The van der Waals surface area contributed by atoms with Crippen LogP contribution in [0.3, 0.4) is 0 Å². The molecule has 1 aromatic carbocycles. The third kappa shape index (κ3) is 2.61. The van der Waals surface area contributed by atoms with Crippen LogP contribution in [0.15, 0.2) is 18.2 Å². The molecule has 0 unspecified atom stereocenters. The zero-order valence-corrected chi connectivity index (χ0v) is 11.0. The van der Waals surface area contributed by atoms with Crippen molar-refractivity contribution < 1.29 is 9.59 Å². The normalized spacial score (nSPS) is 15.6. The zero-order chi connectivity index (χ0) is 13.1. The largest absolute Gasteiger partial charge is 0.312 e. The molecule has 1 aliphatic rings. The summed E-state index contributed by atoms with van der Waals surface area (Å²) in [5.41, 5.74) is 2.84. The molecule has 0 saturated carbocycles. The van der Waals surface area contributed by atoms with Gasteiger partial charge in [-0.15, -0.1) is 0 Å². The summed E-state index contributed by atoms with van der Waals surface area (Å²) in [6, 6.07) is 5.68. The minimum Gasteiger partial charge on any atom is -0.312 e. The maximum absolute atomic E-state index is 11.7. The van der Waals surface area contributed by atoms with E-state index in [0.29, 0.717) is 0 Å². The third-order valence-corrected chi connectivity index (χ3v) is 3.48. The first-order valence-corrected chi connectivity index (χ1v) is 6.51. The minimum absolute atomic E-state index is 0.0775. The Hall–Kier alpha value is -1.64. The lowest BCUT2D eigenvalue weighted by Gasteiger charge is -2.26. The maximum Gasteiger partial charge on any atom is 0.223 e. The molecule has 3 heteroatoms. The van der Waals surface area contributed by atoms with Crippen LogP contribution in [0.25, 0.3) is 0 Å². The number of amides is 1. The molecule has 0 aromatic heterocycles. The van der Waals surface area contributed by atoms with Gasteiger partial charge in [-0.05, 0) is 49.9 Å². The van der Waals surface area contributed by atoms with E-state index in [0.717, 1.165) is 49.0 Å². The van der Waals surface area contributed by atoms with Crippen LogP contribution in [0, 0.1) is 0 Å². The van der Waals surface area contributed by atoms with Gasteiger partial charge in [0.05, 0.1) is 0 Å². The number of rotatable bonds is 1. The quantitative estimate of drug-likeness (QED) is 0.713. The second-order valence-electron chi connectivity index (χ2n) is 4.88. The molecule has 1 amide bonds. The summed E-state index contributed by atoms with van der Waals surface area (Å²) in [6.45, 7) is 3.96. The first kappa shape index (κ1) is 12.8. The maximum atomic E-state index is 11.7. The predicted molar refractivity (Wildman–Crippen MR) is 72.0 cm³/mol. The van der Waals surface area contributed by atoms with Crippen LogP contribution >= 0.6 is 0 Å². The molecule has 3 nitrogen and oxygen atoms in total. The average Bonchev–Trinajstić information content (AvgIpc) is 2.29. The summed E-state index contributed by atoms with van der Waals surface area (Å²) in [5.74, 6) is 0.156. The van der Waals surface area contributed by atoms with Crippen molar-refractivity contribution in [1.82, 2.24) is 0 Å². The van der Waals surface area contributed by atoms with Gasteiger partial charge in [0.1, 0.15) is 0 Å². The van der Waals surface area contributed by atoms with Crippen LogP contribution in [0.1, 0.15) is 49.0 Å². The summed E-state index contributed by atoms with van der Waals surface area (Å²) in [4.78, 5) is 25.0. The van der Waals surface area contributed by atoms with Crippen LogP contribution < -0.4 is 4.90 Å². The lowest BCUT2D eigenvalue weighted by molar-refractivity contribution is -0.116. The second-order valence-corrected chi connectivity index (χ2v) is 4.88. The summed E-state index contributed by atoms with van der Waals surface area (Å²) in [7, 11) is 0. The van der Waals surface area contributed by atoms with E-state index in [1.165, 1.54) is 0 Å². The van der Waals surface area contributed by atoms with Gasteiger partial charge in [0.15, 0.2) is 5.78 Å². The molecule has 1 aliphatic heterocycles. The first-order chi connectivity index (χ1) is 8.59. The van der Waals surface area contributed by atoms with E-state index in [1.54, 1.807) is 13.8 Å². The van der Waals surface area contributed by atoms with Crippen molar-refractivity contribution in [3.8, 4) is 0 Å². The molecule has 0 saturated heterocycles. The molecule has 0 spiro atoms. The van der Waals surface area contributed by atoms with Gasteiger partial charge in [-0.25, -0.2) is 0 Å². The number of fused-ring (bicyclic) bond motifs is 1. The van der Waals surface area contributed by atoms with Crippen LogP contribution in [-0.2, 0) is 11.2 Å². The molecule has 0 radical (unpaired) electrons. The summed E-state index contributed by atoms with van der Waals surface area (Å²) >= 11 is 0. The highest BCUT2D eigenvalue weighted by molar-refractivity contribution is 5.96. The highest BCUT2D eigenvalue weighted by Crippen LogP contribution is 2.27. The van der Waals surface area contributed by atoms with Gasteiger partial charge in [0, 0.05) is 24.7 Å². The van der Waals surface area contributed by atoms with Crippen LogP contribution in [0.2, 0.25) is 0 Å². The van der Waals surface area contributed by atoms with Gasteiger partial charge in [0.25, 0.3) is 0 Å². The van der Waals surface area contributed by atoms with Crippen molar-refractivity contribution in [3.63, 3.8) is 0 Å². The van der Waals surface area contributed by atoms with Crippen LogP contribution in [0.5, 0.6) is 0 Å². The van der Waals surface area contributed by atoms with E-state index in [2.05, 4.69) is 0 Å². The van der Waals surface area contributed by atoms with E-state index in [4.69, 9.17) is 0 Å². The van der Waals surface area contributed by atoms with Crippen molar-refractivity contribution >= 4 is 17.4 Å². The number of hydrogen-bond acceptors (Lipinski definition) is 2. The number of carbonyl (C=O) groups excluding carboxylic acids is 2. The Morgan fingerprint density at radius 3 is 2.56 bits per heavy atom. The highest BCUT2D eigenvalue weighted by Gasteiger charge is 2.18. The molecule has 1 aromatic rings. The molecule has 1 heterocycles. The van der Waals surface area contributed by atoms with E-state index < -0.39 is 0 Å². The summed E-state index contributed by atoms with van der Waals surface area (Å²) < 4.78 is 0. The standard InChI is InChI=1S/C15H19NO2/c1-11(17)13-7-8-15-14(10-13)6-4-3-5-9-16(15)12(2)18/h7-8,10H,3-6,9H2,1-2H3. The number of aryl methyl sites for hydroxylation is 1. The fourth-order valence-electron chi connectivity index (χ4n) is 2.48. The van der Waals surface area contributed by atoms with Crippen molar-refractivity contribution in [1.29, 1.82) is 0 Å². The molecule has 0 bridgehead atoms. The van der Waals surface area contributed by atoms with Crippen LogP contribution in [0.4, 0.5) is 5.69 Å². The lowest BCUT2D eigenvalue weighted by Crippen LogP contribution is -2.31. The third-order valence-electron chi connectivity index (χ3n) is 3.48. The Morgan fingerprint density at radius 1 is 1.11 bits per heavy atom. The van der Waals surface area contributed by atoms with E-state index in [9.17, 15) is 9.59 Å². The molecular formula is C15H19NO2. The number of nitrogens with zero attached hydrogens (tertiary/aromatic N) is 1. The highest BCUT2D eigenvalue weighted by atomic mass is 16.2. The minimum atomic E-state index is 0.0775. The number of hydrogen-bond donors (Lipinski definition) is 0. The van der Waals surface area contributed by atoms with Gasteiger partial charge in [0.2, 0.25) is 5.91 Å². The van der Waals surface area contributed by atoms with Gasteiger partial charge in [-0.3, -0.25) is 9.59 Å². The fraction of sp³-hybridized carbons (Fsp3) is 0.467. The number of anilines is 1. The Morgan fingerprint density at radius 2 is 1.89 bits per heavy atom. The Bertz CT molecular complexity index is 479. The topological polar surface area (TPSA) is 37.4 Å². The van der Waals surface area contributed by atoms with Crippen molar-refractivity contribution in [2.24, 2.45) is 0 Å². The van der Waals surface area contributed by atoms with E-state index in [1.807, 2.05) is 23.1 Å². The average molecular weight is 245 g/mol. The second kappa shape index (κ2) is 5.34. The molecule has 0 fully saturated rings. The zero-order valence-electron chi connectivity index (χ0n) is 11.0. The van der Waals surface area contributed by atoms with Crippen molar-refractivity contribution in [2.75, 3.05) is 11.4 Å². The smallest absolute Gasteiger partial charge is 0.223 e. The Labute approximate surface area is 108 Å². The van der Waals surface area contributed by atoms with Gasteiger partial charge in [-0.2, -0.15) is 0 Å². The van der Waals surface area contributed by atoms with E-state index >= 15 is 0 Å². The molecule has 0 aliphatic carbocycles. The Kier molecular flexibility index (Phi) is 3.80. The molecule has 96 valence electrons. The monoisotopic (exact) mass is 245 g/mol. The number of benzene rings is 1. The number of ketones is 1. The molecule has 0 atom stereocenters. The molecule has 2 rings (SSSR count). The number of carbonyl (C=O) groups is 2. The predicted octanol–water partition coefficient (Wildman–Crippen LogP) is 2.97. The van der Waals surface area contributed by atoms with Gasteiger partial charge >= 0.3 is 0 Å². The van der Waals surface area contributed by atoms with Gasteiger partial charge < -0.3 is 4.90 Å². The van der Waals surface area contributed by atoms with E-state index in [-0.39, 0.29) is 11.7 Å². The van der Waals surface area contributed by atoms with Gasteiger partial charge in [-0.1, -0.05) is 6.42 Å². The van der Waals surface area contributed by atoms with Crippen LogP contribution in [-0.4, -0.2) is 18.2 Å². The SMILES string of the molecule is CC(=O)c1ccc2c(c1)CCCCCN2C(C)=O. The first-order valence-electron chi connectivity index (χ1n) is 6.51. The summed E-state index contributed by atoms with van der Waals surface area (Å²) in [5, 5.41) is 0. The summed E-state index contributed by atoms with van der Waals surface area (Å²) in [6.07, 6.45) is 4.25. The molecule has 0 N–H and O–H groups in total. The lowest BCUT2D eigenvalue weighted by atomic mass is 9.98. The molecule has 18 heavy (non-hydrogen) atoms.